The molecule has 0 atom stereocenters. The molecule has 0 aromatic heterocycles. The zero-order valence-electron chi connectivity index (χ0n) is 11.7. The van der Waals surface area contributed by atoms with Gasteiger partial charge >= 0.3 is 0 Å². The minimum Gasteiger partial charge on any atom is -0.507 e. The molecular weight excluding hydrogens is 355 g/mol. The molecule has 0 unspecified atom stereocenters. The molecule has 1 rings (SSSR count). The second kappa shape index (κ2) is 7.69. The molecular formula is C14H21IN2O2. The second-order valence-electron chi connectivity index (χ2n) is 4.76. The lowest BCUT2D eigenvalue weighted by atomic mass is 10.1. The molecule has 106 valence electrons. The van der Waals surface area contributed by atoms with Crippen LogP contribution in [-0.2, 0) is 0 Å². The van der Waals surface area contributed by atoms with Gasteiger partial charge in [-0.3, -0.25) is 4.79 Å². The van der Waals surface area contributed by atoms with E-state index in [4.69, 9.17) is 0 Å². The van der Waals surface area contributed by atoms with Crippen molar-refractivity contribution >= 4 is 28.5 Å². The van der Waals surface area contributed by atoms with E-state index in [9.17, 15) is 9.90 Å². The number of nitrogens with zero attached hydrogens (tertiary/aromatic N) is 2. The SMILES string of the molecule is CCCN(CCN(C)C)C(=O)c1cc(I)ccc1O. The van der Waals surface area contributed by atoms with Crippen molar-refractivity contribution in [3.05, 3.63) is 27.3 Å². The van der Waals surface area contributed by atoms with Crippen molar-refractivity contribution in [2.75, 3.05) is 33.7 Å². The van der Waals surface area contributed by atoms with Gasteiger partial charge in [-0.15, -0.1) is 0 Å². The number of aromatic hydroxyl groups is 1. The van der Waals surface area contributed by atoms with Crippen molar-refractivity contribution in [3.63, 3.8) is 0 Å². The van der Waals surface area contributed by atoms with Crippen LogP contribution < -0.4 is 0 Å². The van der Waals surface area contributed by atoms with Gasteiger partial charge in [0, 0.05) is 23.2 Å². The first-order chi connectivity index (χ1) is 8.95. The third-order valence-corrected chi connectivity index (χ3v) is 3.46. The Bertz CT molecular complexity index is 435. The van der Waals surface area contributed by atoms with E-state index >= 15 is 0 Å². The van der Waals surface area contributed by atoms with Crippen molar-refractivity contribution in [3.8, 4) is 5.75 Å². The topological polar surface area (TPSA) is 43.8 Å². The van der Waals surface area contributed by atoms with Gasteiger partial charge in [0.1, 0.15) is 5.75 Å². The maximum atomic E-state index is 12.5. The molecule has 0 heterocycles. The number of amides is 1. The van der Waals surface area contributed by atoms with E-state index in [1.54, 1.807) is 23.1 Å². The summed E-state index contributed by atoms with van der Waals surface area (Å²) in [6, 6.07) is 5.10. The van der Waals surface area contributed by atoms with Gasteiger partial charge in [0.2, 0.25) is 0 Å². The molecule has 0 fully saturated rings. The Morgan fingerprint density at radius 3 is 2.53 bits per heavy atom. The van der Waals surface area contributed by atoms with Crippen LogP contribution in [0.4, 0.5) is 0 Å². The number of hydrogen-bond acceptors (Lipinski definition) is 3. The number of phenols is 1. The van der Waals surface area contributed by atoms with Crippen LogP contribution in [0.25, 0.3) is 0 Å². The summed E-state index contributed by atoms with van der Waals surface area (Å²) < 4.78 is 0.947. The summed E-state index contributed by atoms with van der Waals surface area (Å²) in [6.45, 7) is 4.24. The lowest BCUT2D eigenvalue weighted by Gasteiger charge is -2.24. The highest BCUT2D eigenvalue weighted by Gasteiger charge is 2.18. The molecule has 1 aromatic rings. The van der Waals surface area contributed by atoms with Gasteiger partial charge in [0.15, 0.2) is 0 Å². The van der Waals surface area contributed by atoms with E-state index in [1.165, 1.54) is 0 Å². The molecule has 5 heteroatoms. The lowest BCUT2D eigenvalue weighted by Crippen LogP contribution is -2.37. The third kappa shape index (κ3) is 4.99. The van der Waals surface area contributed by atoms with Crippen LogP contribution in [-0.4, -0.2) is 54.5 Å². The number of carbonyl (C=O) groups excluding carboxylic acids is 1. The summed E-state index contributed by atoms with van der Waals surface area (Å²) >= 11 is 2.14. The highest BCUT2D eigenvalue weighted by Crippen LogP contribution is 2.21. The molecule has 0 aliphatic rings. The van der Waals surface area contributed by atoms with Gasteiger partial charge in [-0.1, -0.05) is 6.92 Å². The Hall–Kier alpha value is -0.820. The highest BCUT2D eigenvalue weighted by atomic mass is 127. The number of hydrogen-bond donors (Lipinski definition) is 1. The van der Waals surface area contributed by atoms with Gasteiger partial charge in [-0.2, -0.15) is 0 Å². The van der Waals surface area contributed by atoms with Crippen molar-refractivity contribution in [2.24, 2.45) is 0 Å². The first kappa shape index (κ1) is 16.2. The highest BCUT2D eigenvalue weighted by molar-refractivity contribution is 14.1. The zero-order valence-corrected chi connectivity index (χ0v) is 13.8. The van der Waals surface area contributed by atoms with E-state index in [2.05, 4.69) is 22.6 Å². The van der Waals surface area contributed by atoms with Gasteiger partial charge in [0.25, 0.3) is 5.91 Å². The lowest BCUT2D eigenvalue weighted by molar-refractivity contribution is 0.0742. The number of likely N-dealkylation sites (N-methyl/N-ethyl adjacent to an activating group) is 1. The smallest absolute Gasteiger partial charge is 0.257 e. The van der Waals surface area contributed by atoms with Crippen LogP contribution in [0.3, 0.4) is 0 Å². The number of halogens is 1. The molecule has 1 aromatic carbocycles. The van der Waals surface area contributed by atoms with Crippen molar-refractivity contribution in [1.29, 1.82) is 0 Å². The minimum atomic E-state index is -0.0975. The number of phenolic OH excluding ortho intramolecular Hbond substituents is 1. The zero-order chi connectivity index (χ0) is 14.4. The van der Waals surface area contributed by atoms with Crippen LogP contribution in [0, 0.1) is 3.57 Å². The van der Waals surface area contributed by atoms with Crippen LogP contribution in [0.5, 0.6) is 5.75 Å². The number of benzene rings is 1. The van der Waals surface area contributed by atoms with Crippen molar-refractivity contribution < 1.29 is 9.90 Å². The number of rotatable bonds is 6. The normalized spacial score (nSPS) is 10.8. The predicted molar refractivity (Wildman–Crippen MR) is 85.6 cm³/mol. The molecule has 0 saturated heterocycles. The standard InChI is InChI=1S/C14H21IN2O2/c1-4-7-17(9-8-16(2)3)14(19)12-10-11(15)5-6-13(12)18/h5-6,10,18H,4,7-9H2,1-3H3. The van der Waals surface area contributed by atoms with E-state index in [-0.39, 0.29) is 11.7 Å². The molecule has 0 aliphatic heterocycles. The fraction of sp³-hybridized carbons (Fsp3) is 0.500. The minimum absolute atomic E-state index is 0.0522. The molecule has 0 bridgehead atoms. The van der Waals surface area contributed by atoms with E-state index in [1.807, 2.05) is 25.9 Å². The summed E-state index contributed by atoms with van der Waals surface area (Å²) in [4.78, 5) is 16.3. The first-order valence-corrected chi connectivity index (χ1v) is 7.46. The van der Waals surface area contributed by atoms with Crippen LogP contribution in [0.1, 0.15) is 23.7 Å². The van der Waals surface area contributed by atoms with Crippen LogP contribution >= 0.6 is 22.6 Å². The Morgan fingerprint density at radius 1 is 1.26 bits per heavy atom. The van der Waals surface area contributed by atoms with E-state index < -0.39 is 0 Å². The van der Waals surface area contributed by atoms with Crippen LogP contribution in [0.15, 0.2) is 18.2 Å². The van der Waals surface area contributed by atoms with Gasteiger partial charge in [0.05, 0.1) is 5.56 Å². The predicted octanol–water partition coefficient (Wildman–Crippen LogP) is 2.41. The second-order valence-corrected chi connectivity index (χ2v) is 6.00. The molecule has 1 amide bonds. The molecule has 0 aliphatic carbocycles. The quantitative estimate of drug-likeness (QED) is 0.776. The van der Waals surface area contributed by atoms with Crippen LogP contribution in [0.2, 0.25) is 0 Å². The molecule has 0 radical (unpaired) electrons. The Balaban J connectivity index is 2.88. The van der Waals surface area contributed by atoms with E-state index in [0.717, 1.165) is 16.5 Å². The van der Waals surface area contributed by atoms with Gasteiger partial charge in [-0.05, 0) is 61.3 Å². The fourth-order valence-corrected chi connectivity index (χ4v) is 2.25. The average Bonchev–Trinajstić information content (AvgIpc) is 2.36. The summed E-state index contributed by atoms with van der Waals surface area (Å²) in [5.74, 6) is -0.0453. The maximum Gasteiger partial charge on any atom is 0.257 e. The number of carbonyl (C=O) groups is 1. The molecule has 0 saturated carbocycles. The van der Waals surface area contributed by atoms with E-state index in [0.29, 0.717) is 18.7 Å². The van der Waals surface area contributed by atoms with Crippen molar-refractivity contribution in [1.82, 2.24) is 9.80 Å². The van der Waals surface area contributed by atoms with Gasteiger partial charge < -0.3 is 14.9 Å². The molecule has 0 spiro atoms. The summed E-state index contributed by atoms with van der Waals surface area (Å²) in [6.07, 6.45) is 0.907. The first-order valence-electron chi connectivity index (χ1n) is 6.38. The molecule has 19 heavy (non-hydrogen) atoms. The summed E-state index contributed by atoms with van der Waals surface area (Å²) in [7, 11) is 3.97. The summed E-state index contributed by atoms with van der Waals surface area (Å²) in [5, 5.41) is 9.84. The third-order valence-electron chi connectivity index (χ3n) is 2.79. The summed E-state index contributed by atoms with van der Waals surface area (Å²) in [5.41, 5.74) is 0.388. The molecule has 1 N–H and O–H groups in total. The largest absolute Gasteiger partial charge is 0.507 e. The van der Waals surface area contributed by atoms with Gasteiger partial charge in [-0.25, -0.2) is 0 Å². The van der Waals surface area contributed by atoms with Crippen molar-refractivity contribution in [2.45, 2.75) is 13.3 Å². The monoisotopic (exact) mass is 376 g/mol. The molecule has 4 nitrogen and oxygen atoms in total. The Morgan fingerprint density at radius 2 is 1.95 bits per heavy atom. The Kier molecular flexibility index (Phi) is 6.57. The fourth-order valence-electron chi connectivity index (χ4n) is 1.76. The average molecular weight is 376 g/mol. The Labute approximate surface area is 128 Å². The maximum absolute atomic E-state index is 12.5.